The molecule has 1 saturated heterocycles. The number of carbonyl (C=O) groups excluding carboxylic acids is 2. The normalized spacial score (nSPS) is 16.7. The minimum Gasteiger partial charge on any atom is -0.491 e. The van der Waals surface area contributed by atoms with E-state index < -0.39 is 6.04 Å². The summed E-state index contributed by atoms with van der Waals surface area (Å²) in [4.78, 5) is 30.4. The van der Waals surface area contributed by atoms with Crippen LogP contribution in [0.5, 0.6) is 11.5 Å². The van der Waals surface area contributed by atoms with E-state index in [4.69, 9.17) is 32.7 Å². The van der Waals surface area contributed by atoms with Gasteiger partial charge < -0.3 is 19.7 Å². The molecule has 0 radical (unpaired) electrons. The average molecular weight is 597 g/mol. The van der Waals surface area contributed by atoms with Crippen molar-refractivity contribution in [3.05, 3.63) is 76.3 Å². The second kappa shape index (κ2) is 12.7. The van der Waals surface area contributed by atoms with E-state index in [-0.39, 0.29) is 35.6 Å². The Labute approximate surface area is 251 Å². The monoisotopic (exact) mass is 595 g/mol. The van der Waals surface area contributed by atoms with Crippen molar-refractivity contribution in [1.82, 2.24) is 10.2 Å². The summed E-state index contributed by atoms with van der Waals surface area (Å²) in [5, 5.41) is 3.84. The van der Waals surface area contributed by atoms with Gasteiger partial charge in [-0.25, -0.2) is 0 Å². The molecular formula is C32H35Cl2N3O4. The molecule has 2 aliphatic heterocycles. The van der Waals surface area contributed by atoms with Gasteiger partial charge in [-0.05, 0) is 81.6 Å². The number of ether oxygens (including phenoxy) is 2. The molecule has 7 nitrogen and oxygen atoms in total. The van der Waals surface area contributed by atoms with Gasteiger partial charge in [0.1, 0.15) is 17.5 Å². The third-order valence-corrected chi connectivity index (χ3v) is 8.18. The minimum atomic E-state index is -0.786. The molecule has 2 atom stereocenters. The number of hydrogen-bond donors (Lipinski definition) is 1. The van der Waals surface area contributed by atoms with Gasteiger partial charge in [-0.1, -0.05) is 59.6 Å². The summed E-state index contributed by atoms with van der Waals surface area (Å²) < 4.78 is 11.4. The maximum absolute atomic E-state index is 13.7. The van der Waals surface area contributed by atoms with Crippen molar-refractivity contribution in [2.75, 3.05) is 31.1 Å². The van der Waals surface area contributed by atoms with Crippen molar-refractivity contribution >= 4 is 40.7 Å². The third-order valence-electron chi connectivity index (χ3n) is 7.46. The molecule has 41 heavy (non-hydrogen) atoms. The molecule has 2 heterocycles. The molecular weight excluding hydrogens is 561 g/mol. The van der Waals surface area contributed by atoms with Gasteiger partial charge in [0.15, 0.2) is 6.61 Å². The van der Waals surface area contributed by atoms with E-state index in [2.05, 4.69) is 40.5 Å². The SMILES string of the molecule is CC(C)Oc1cccc(-c2ccc(C(CN3CCCC3)NC(=O)C(C)N3C(=O)COc4cc(Cl)c(Cl)cc43)cc2)c1. The van der Waals surface area contributed by atoms with Gasteiger partial charge in [0.25, 0.3) is 5.91 Å². The first-order chi connectivity index (χ1) is 19.7. The van der Waals surface area contributed by atoms with Crippen LogP contribution in [0.1, 0.15) is 45.2 Å². The molecule has 5 rings (SSSR count). The molecule has 216 valence electrons. The van der Waals surface area contributed by atoms with Crippen molar-refractivity contribution in [2.24, 2.45) is 0 Å². The number of hydrogen-bond acceptors (Lipinski definition) is 5. The maximum atomic E-state index is 13.7. The largest absolute Gasteiger partial charge is 0.491 e. The lowest BCUT2D eigenvalue weighted by atomic mass is 9.99. The van der Waals surface area contributed by atoms with Crippen LogP contribution in [0.2, 0.25) is 10.0 Å². The number of nitrogens with one attached hydrogen (secondary N) is 1. The Morgan fingerprint density at radius 3 is 2.39 bits per heavy atom. The molecule has 1 fully saturated rings. The zero-order chi connectivity index (χ0) is 29.1. The summed E-state index contributed by atoms with van der Waals surface area (Å²) in [6, 6.07) is 18.4. The van der Waals surface area contributed by atoms with Crippen molar-refractivity contribution in [1.29, 1.82) is 0 Å². The zero-order valence-electron chi connectivity index (χ0n) is 23.5. The molecule has 2 unspecified atom stereocenters. The number of halogens is 2. The molecule has 0 aliphatic carbocycles. The van der Waals surface area contributed by atoms with Gasteiger partial charge in [0, 0.05) is 12.6 Å². The van der Waals surface area contributed by atoms with Crippen LogP contribution in [0.3, 0.4) is 0 Å². The van der Waals surface area contributed by atoms with Crippen LogP contribution in [-0.2, 0) is 9.59 Å². The highest BCUT2D eigenvalue weighted by atomic mass is 35.5. The van der Waals surface area contributed by atoms with Gasteiger partial charge >= 0.3 is 0 Å². The van der Waals surface area contributed by atoms with Crippen molar-refractivity contribution in [3.63, 3.8) is 0 Å². The number of carbonyl (C=O) groups is 2. The first kappa shape index (κ1) is 29.2. The van der Waals surface area contributed by atoms with E-state index >= 15 is 0 Å². The van der Waals surface area contributed by atoms with Crippen LogP contribution in [0.25, 0.3) is 11.1 Å². The summed E-state index contributed by atoms with van der Waals surface area (Å²) in [5.74, 6) is 0.676. The fourth-order valence-electron chi connectivity index (χ4n) is 5.39. The quantitative estimate of drug-likeness (QED) is 0.305. The number of amides is 2. The van der Waals surface area contributed by atoms with Crippen molar-refractivity contribution < 1.29 is 19.1 Å². The Morgan fingerprint density at radius 1 is 0.976 bits per heavy atom. The van der Waals surface area contributed by atoms with Crippen LogP contribution in [-0.4, -0.2) is 55.1 Å². The van der Waals surface area contributed by atoms with E-state index in [0.29, 0.717) is 23.0 Å². The van der Waals surface area contributed by atoms with E-state index in [0.717, 1.165) is 48.4 Å². The minimum absolute atomic E-state index is 0.0981. The van der Waals surface area contributed by atoms with E-state index in [1.54, 1.807) is 19.1 Å². The number of likely N-dealkylation sites (tertiary alicyclic amines) is 1. The average Bonchev–Trinajstić information content (AvgIpc) is 3.46. The Hall–Kier alpha value is -3.26. The molecule has 1 N–H and O–H groups in total. The predicted octanol–water partition coefficient (Wildman–Crippen LogP) is 6.51. The fourth-order valence-corrected chi connectivity index (χ4v) is 5.70. The standard InChI is InChI=1S/C32H35Cl2N3O4/c1-20(2)41-25-8-6-7-24(15-25)22-9-11-23(12-10-22)28(18-36-13-4-5-14-36)35-32(39)21(3)37-29-16-26(33)27(34)17-30(29)40-19-31(37)38/h6-12,15-17,20-21,28H,4-5,13-14,18-19H2,1-3H3,(H,35,39). The Kier molecular flexibility index (Phi) is 9.07. The summed E-state index contributed by atoms with van der Waals surface area (Å²) in [7, 11) is 0. The molecule has 0 aromatic heterocycles. The van der Waals surface area contributed by atoms with Crippen LogP contribution >= 0.6 is 23.2 Å². The number of benzene rings is 3. The van der Waals surface area contributed by atoms with Crippen molar-refractivity contribution in [2.45, 2.75) is 51.8 Å². The van der Waals surface area contributed by atoms with Crippen LogP contribution in [0.15, 0.2) is 60.7 Å². The van der Waals surface area contributed by atoms with E-state index in [1.807, 2.05) is 32.0 Å². The summed E-state index contributed by atoms with van der Waals surface area (Å²) >= 11 is 12.4. The number of anilines is 1. The van der Waals surface area contributed by atoms with Crippen LogP contribution in [0.4, 0.5) is 5.69 Å². The molecule has 0 saturated carbocycles. The van der Waals surface area contributed by atoms with Crippen molar-refractivity contribution in [3.8, 4) is 22.6 Å². The highest BCUT2D eigenvalue weighted by Gasteiger charge is 2.35. The molecule has 2 amide bonds. The van der Waals surface area contributed by atoms with E-state index in [1.165, 1.54) is 4.90 Å². The first-order valence-corrected chi connectivity index (χ1v) is 14.8. The van der Waals surface area contributed by atoms with Gasteiger partial charge in [0.05, 0.1) is 27.9 Å². The fraction of sp³-hybridized carbons (Fsp3) is 0.375. The van der Waals surface area contributed by atoms with Gasteiger partial charge in [-0.15, -0.1) is 0 Å². The Balaban J connectivity index is 1.37. The van der Waals surface area contributed by atoms with Gasteiger partial charge in [-0.2, -0.15) is 0 Å². The first-order valence-electron chi connectivity index (χ1n) is 14.0. The molecule has 0 bridgehead atoms. The number of rotatable bonds is 9. The van der Waals surface area contributed by atoms with E-state index in [9.17, 15) is 9.59 Å². The lowest BCUT2D eigenvalue weighted by Gasteiger charge is -2.34. The molecule has 9 heteroatoms. The Morgan fingerprint density at radius 2 is 1.68 bits per heavy atom. The molecule has 0 spiro atoms. The second-order valence-electron chi connectivity index (χ2n) is 10.8. The third kappa shape index (κ3) is 6.80. The second-order valence-corrected chi connectivity index (χ2v) is 11.7. The Bertz CT molecular complexity index is 1410. The molecule has 2 aliphatic rings. The predicted molar refractivity (Wildman–Crippen MR) is 163 cm³/mol. The lowest BCUT2D eigenvalue weighted by molar-refractivity contribution is -0.128. The van der Waals surface area contributed by atoms with Gasteiger partial charge in [-0.3, -0.25) is 14.5 Å². The van der Waals surface area contributed by atoms with Crippen LogP contribution in [0, 0.1) is 0 Å². The van der Waals surface area contributed by atoms with Crippen LogP contribution < -0.4 is 19.7 Å². The zero-order valence-corrected chi connectivity index (χ0v) is 25.0. The highest BCUT2D eigenvalue weighted by Crippen LogP contribution is 2.39. The number of fused-ring (bicyclic) bond motifs is 1. The topological polar surface area (TPSA) is 71.1 Å². The van der Waals surface area contributed by atoms with Gasteiger partial charge in [0.2, 0.25) is 5.91 Å². The summed E-state index contributed by atoms with van der Waals surface area (Å²) in [6.45, 7) is 8.24. The molecule has 3 aromatic carbocycles. The molecule has 3 aromatic rings. The summed E-state index contributed by atoms with van der Waals surface area (Å²) in [5.41, 5.74) is 3.56. The smallest absolute Gasteiger partial charge is 0.265 e. The summed E-state index contributed by atoms with van der Waals surface area (Å²) in [6.07, 6.45) is 2.39. The number of nitrogens with zero attached hydrogens (tertiary/aromatic N) is 2. The maximum Gasteiger partial charge on any atom is 0.265 e. The highest BCUT2D eigenvalue weighted by molar-refractivity contribution is 6.42. The lowest BCUT2D eigenvalue weighted by Crippen LogP contribution is -2.52.